The van der Waals surface area contributed by atoms with Gasteiger partial charge in [0.15, 0.2) is 0 Å². The van der Waals surface area contributed by atoms with E-state index < -0.39 is 0 Å². The quantitative estimate of drug-likeness (QED) is 0.809. The summed E-state index contributed by atoms with van der Waals surface area (Å²) < 4.78 is 6.81. The lowest BCUT2D eigenvalue weighted by Crippen LogP contribution is -2.01. The number of amides is 1. The highest BCUT2D eigenvalue weighted by molar-refractivity contribution is 6.55. The molecule has 0 aromatic carbocycles. The number of aromatic nitrogens is 2. The van der Waals surface area contributed by atoms with Crippen LogP contribution in [0.5, 0.6) is 5.88 Å². The number of anilines is 1. The van der Waals surface area contributed by atoms with Gasteiger partial charge in [0.25, 0.3) is 0 Å². The maximum atomic E-state index is 10.2. The van der Waals surface area contributed by atoms with Gasteiger partial charge in [-0.25, -0.2) is 4.68 Å². The highest BCUT2D eigenvalue weighted by Crippen LogP contribution is 2.15. The fourth-order valence-corrected chi connectivity index (χ4v) is 1.02. The molecule has 0 aliphatic rings. The summed E-state index contributed by atoms with van der Waals surface area (Å²) in [6.07, 6.45) is 2.06. The average Bonchev–Trinajstić information content (AvgIpc) is 2.47. The normalized spacial score (nSPS) is 9.53. The van der Waals surface area contributed by atoms with Crippen LogP contribution in [-0.2, 0) is 11.8 Å². The van der Waals surface area contributed by atoms with Crippen LogP contribution in [0.2, 0.25) is 0 Å². The molecular weight excluding hydrogens is 241 g/mol. The van der Waals surface area contributed by atoms with Gasteiger partial charge in [-0.3, -0.25) is 4.79 Å². The molecule has 0 atom stereocenters. The summed E-state index contributed by atoms with van der Waals surface area (Å²) in [6.45, 7) is 0.222. The van der Waals surface area contributed by atoms with Crippen LogP contribution in [0.3, 0.4) is 0 Å². The first-order valence-corrected chi connectivity index (χ1v) is 4.77. The molecule has 1 aromatic heterocycles. The third-order valence-corrected chi connectivity index (χ3v) is 1.84. The second kappa shape index (κ2) is 5.63. The highest BCUT2D eigenvalue weighted by Gasteiger charge is 2.04. The van der Waals surface area contributed by atoms with Crippen molar-refractivity contribution >= 4 is 35.4 Å². The number of nitrogens with zero attached hydrogens (tertiary/aromatic N) is 2. The molecule has 0 fully saturated rings. The molecule has 0 bridgehead atoms. The van der Waals surface area contributed by atoms with E-state index in [1.54, 1.807) is 13.1 Å². The maximum absolute atomic E-state index is 10.2. The number of carbonyl (C=O) groups excluding carboxylic acids is 1. The molecule has 5 nitrogen and oxygen atoms in total. The minimum atomic E-state index is 0.136. The first-order valence-electron chi connectivity index (χ1n) is 4.01. The standard InChI is InChI=1S/C8H9Cl2N3O2/c1-13-7(11-5-14)4-8(12-13)15-3-2-6(9)10/h2,4-5H,3H2,1H3,(H,11,14). The first-order chi connectivity index (χ1) is 7.13. The lowest BCUT2D eigenvalue weighted by Gasteiger charge is -1.96. The van der Waals surface area contributed by atoms with Crippen LogP contribution in [-0.4, -0.2) is 22.8 Å². The molecule has 0 radical (unpaired) electrons. The summed E-state index contributed by atoms with van der Waals surface area (Å²) in [6, 6.07) is 1.59. The molecule has 1 amide bonds. The van der Waals surface area contributed by atoms with Gasteiger partial charge in [-0.2, -0.15) is 0 Å². The van der Waals surface area contributed by atoms with Crippen LogP contribution >= 0.6 is 23.2 Å². The summed E-state index contributed by atoms with van der Waals surface area (Å²) in [5, 5.41) is 6.45. The molecule has 0 aliphatic heterocycles. The molecule has 1 rings (SSSR count). The Kier molecular flexibility index (Phi) is 4.45. The Morgan fingerprint density at radius 1 is 1.73 bits per heavy atom. The smallest absolute Gasteiger partial charge is 0.235 e. The fraction of sp³-hybridized carbons (Fsp3) is 0.250. The number of hydrogen-bond donors (Lipinski definition) is 1. The van der Waals surface area contributed by atoms with Crippen LogP contribution in [0.15, 0.2) is 16.6 Å². The van der Waals surface area contributed by atoms with E-state index in [0.29, 0.717) is 18.1 Å². The van der Waals surface area contributed by atoms with E-state index in [1.807, 2.05) is 0 Å². The van der Waals surface area contributed by atoms with E-state index in [4.69, 9.17) is 27.9 Å². The van der Waals surface area contributed by atoms with Crippen molar-refractivity contribution in [3.63, 3.8) is 0 Å². The predicted octanol–water partition coefficient (Wildman–Crippen LogP) is 1.69. The van der Waals surface area contributed by atoms with Gasteiger partial charge in [-0.15, -0.1) is 5.10 Å². The number of hydrogen-bond acceptors (Lipinski definition) is 3. The number of aryl methyl sites for hydroxylation is 1. The Bertz CT molecular complexity index is 372. The van der Waals surface area contributed by atoms with Gasteiger partial charge < -0.3 is 10.1 Å². The molecule has 0 unspecified atom stereocenters. The molecular formula is C8H9Cl2N3O2. The van der Waals surface area contributed by atoms with E-state index in [1.165, 1.54) is 10.8 Å². The second-order valence-electron chi connectivity index (χ2n) is 2.56. The molecule has 1 aromatic rings. The molecule has 1 heterocycles. The van der Waals surface area contributed by atoms with E-state index in [9.17, 15) is 4.79 Å². The number of carbonyl (C=O) groups is 1. The third kappa shape index (κ3) is 3.81. The Morgan fingerprint density at radius 3 is 3.07 bits per heavy atom. The van der Waals surface area contributed by atoms with Gasteiger partial charge >= 0.3 is 0 Å². The van der Waals surface area contributed by atoms with Crippen molar-refractivity contribution in [1.29, 1.82) is 0 Å². The Morgan fingerprint density at radius 2 is 2.47 bits per heavy atom. The summed E-state index contributed by atoms with van der Waals surface area (Å²) >= 11 is 10.8. The minimum Gasteiger partial charge on any atom is -0.472 e. The Balaban J connectivity index is 2.59. The van der Waals surface area contributed by atoms with E-state index in [-0.39, 0.29) is 11.1 Å². The van der Waals surface area contributed by atoms with Gasteiger partial charge in [0.1, 0.15) is 16.9 Å². The lowest BCUT2D eigenvalue weighted by molar-refractivity contribution is -0.105. The van der Waals surface area contributed by atoms with Gasteiger partial charge in [0.05, 0.1) is 0 Å². The predicted molar refractivity (Wildman–Crippen MR) is 58.2 cm³/mol. The lowest BCUT2D eigenvalue weighted by atomic mass is 10.6. The number of halogens is 2. The zero-order valence-corrected chi connectivity index (χ0v) is 9.42. The summed E-state index contributed by atoms with van der Waals surface area (Å²) in [5.41, 5.74) is 0. The van der Waals surface area contributed by atoms with E-state index in [0.717, 1.165) is 0 Å². The van der Waals surface area contributed by atoms with Crippen molar-refractivity contribution in [2.45, 2.75) is 0 Å². The van der Waals surface area contributed by atoms with Crippen LogP contribution in [0.4, 0.5) is 5.82 Å². The number of rotatable bonds is 5. The Hall–Kier alpha value is -1.20. The zero-order valence-electron chi connectivity index (χ0n) is 7.91. The van der Waals surface area contributed by atoms with E-state index in [2.05, 4.69) is 10.4 Å². The summed E-state index contributed by atoms with van der Waals surface area (Å²) in [4.78, 5) is 10.2. The summed E-state index contributed by atoms with van der Waals surface area (Å²) in [5.74, 6) is 0.925. The zero-order chi connectivity index (χ0) is 11.3. The van der Waals surface area contributed by atoms with Gasteiger partial charge in [-0.05, 0) is 6.08 Å². The van der Waals surface area contributed by atoms with Crippen molar-refractivity contribution in [2.24, 2.45) is 7.05 Å². The highest BCUT2D eigenvalue weighted by atomic mass is 35.5. The van der Waals surface area contributed by atoms with Crippen molar-refractivity contribution < 1.29 is 9.53 Å². The third-order valence-electron chi connectivity index (χ3n) is 1.53. The molecule has 7 heteroatoms. The number of nitrogens with one attached hydrogen (secondary N) is 1. The first kappa shape index (κ1) is 11.9. The molecule has 0 aliphatic carbocycles. The van der Waals surface area contributed by atoms with E-state index >= 15 is 0 Å². The largest absolute Gasteiger partial charge is 0.472 e. The van der Waals surface area contributed by atoms with Gasteiger partial charge in [0.2, 0.25) is 12.3 Å². The number of ether oxygens (including phenoxy) is 1. The second-order valence-corrected chi connectivity index (χ2v) is 3.57. The fourth-order valence-electron chi connectivity index (χ4n) is 0.897. The Labute approximate surface area is 96.6 Å². The van der Waals surface area contributed by atoms with Crippen LogP contribution in [0.25, 0.3) is 0 Å². The van der Waals surface area contributed by atoms with Gasteiger partial charge in [0, 0.05) is 13.1 Å². The molecule has 0 saturated heterocycles. The topological polar surface area (TPSA) is 56.1 Å². The van der Waals surface area contributed by atoms with Crippen molar-refractivity contribution in [3.05, 3.63) is 16.6 Å². The van der Waals surface area contributed by atoms with Crippen LogP contribution in [0, 0.1) is 0 Å². The monoisotopic (exact) mass is 249 g/mol. The molecule has 15 heavy (non-hydrogen) atoms. The van der Waals surface area contributed by atoms with Crippen molar-refractivity contribution in [1.82, 2.24) is 9.78 Å². The van der Waals surface area contributed by atoms with Gasteiger partial charge in [-0.1, -0.05) is 23.2 Å². The summed E-state index contributed by atoms with van der Waals surface area (Å²) in [7, 11) is 1.68. The average molecular weight is 250 g/mol. The molecule has 0 saturated carbocycles. The maximum Gasteiger partial charge on any atom is 0.235 e. The van der Waals surface area contributed by atoms with Crippen LogP contribution in [0.1, 0.15) is 0 Å². The molecule has 0 spiro atoms. The molecule has 82 valence electrons. The van der Waals surface area contributed by atoms with Crippen molar-refractivity contribution in [3.8, 4) is 5.88 Å². The van der Waals surface area contributed by atoms with Crippen molar-refractivity contribution in [2.75, 3.05) is 11.9 Å². The SMILES string of the molecule is Cn1nc(OCC=C(Cl)Cl)cc1NC=O. The minimum absolute atomic E-state index is 0.136. The van der Waals surface area contributed by atoms with Crippen LogP contribution < -0.4 is 10.1 Å². The molecule has 1 N–H and O–H groups in total.